The predicted molar refractivity (Wildman–Crippen MR) is 129 cm³/mol. The van der Waals surface area contributed by atoms with Crippen LogP contribution in [0.25, 0.3) is 0 Å². The highest BCUT2D eigenvalue weighted by Gasteiger charge is 2.27. The molecule has 0 atom stereocenters. The Balaban J connectivity index is 1.48. The molecule has 1 fully saturated rings. The minimum Gasteiger partial charge on any atom is -0.481 e. The van der Waals surface area contributed by atoms with Crippen molar-refractivity contribution in [3.05, 3.63) is 82.3 Å². The number of nitrogens with one attached hydrogen (secondary N) is 1. The number of hydrogen-bond acceptors (Lipinski definition) is 8. The van der Waals surface area contributed by atoms with Crippen molar-refractivity contribution in [1.29, 1.82) is 0 Å². The quantitative estimate of drug-likeness (QED) is 0.369. The molecule has 0 aliphatic carbocycles. The molecule has 2 heterocycles. The molecule has 10 nitrogen and oxygen atoms in total. The summed E-state index contributed by atoms with van der Waals surface area (Å²) < 4.78 is 46.4. The lowest BCUT2D eigenvalue weighted by atomic mass is 10.1. The lowest BCUT2D eigenvalue weighted by Crippen LogP contribution is -2.46. The number of piperazine rings is 1. The van der Waals surface area contributed by atoms with Crippen LogP contribution in [-0.4, -0.2) is 56.5 Å². The molecule has 12 heteroatoms. The van der Waals surface area contributed by atoms with Crippen LogP contribution in [0.15, 0.2) is 65.7 Å². The number of hydrogen-bond donors (Lipinski definition) is 1. The number of nitrogens with zero attached hydrogens (tertiary/aromatic N) is 4. The third kappa shape index (κ3) is 5.84. The average molecular weight is 502 g/mol. The van der Waals surface area contributed by atoms with Gasteiger partial charge in [-0.05, 0) is 35.9 Å². The van der Waals surface area contributed by atoms with Crippen LogP contribution in [0.5, 0.6) is 5.88 Å². The maximum Gasteiger partial charge on any atom is 0.293 e. The minimum absolute atomic E-state index is 0.201. The number of methoxy groups -OCH3 is 1. The summed E-state index contributed by atoms with van der Waals surface area (Å²) in [4.78, 5) is 18.9. The fraction of sp³-hybridized carbons (Fsp3) is 0.261. The number of sulfonamides is 1. The van der Waals surface area contributed by atoms with E-state index in [0.717, 1.165) is 11.6 Å². The van der Waals surface area contributed by atoms with Gasteiger partial charge in [-0.25, -0.2) is 17.8 Å². The fourth-order valence-corrected chi connectivity index (χ4v) is 4.96. The smallest absolute Gasteiger partial charge is 0.293 e. The topological polar surface area (TPSA) is 118 Å². The molecule has 1 aliphatic heterocycles. The van der Waals surface area contributed by atoms with E-state index in [-0.39, 0.29) is 22.1 Å². The zero-order valence-electron chi connectivity index (χ0n) is 18.9. The second kappa shape index (κ2) is 10.2. The minimum atomic E-state index is -4.08. The van der Waals surface area contributed by atoms with Crippen LogP contribution >= 0.6 is 0 Å². The highest BCUT2D eigenvalue weighted by molar-refractivity contribution is 7.92. The van der Waals surface area contributed by atoms with Crippen molar-refractivity contribution in [2.75, 3.05) is 42.9 Å². The monoisotopic (exact) mass is 501 g/mol. The second-order valence-corrected chi connectivity index (χ2v) is 9.68. The molecule has 0 unspecified atom stereocenters. The van der Waals surface area contributed by atoms with Gasteiger partial charge >= 0.3 is 0 Å². The van der Waals surface area contributed by atoms with Gasteiger partial charge < -0.3 is 9.64 Å². The summed E-state index contributed by atoms with van der Waals surface area (Å²) in [5.74, 6) is 0.0357. The number of ether oxygens (including phenoxy) is 1. The van der Waals surface area contributed by atoms with Crippen LogP contribution < -0.4 is 14.4 Å². The molecule has 1 aromatic heterocycles. The zero-order chi connectivity index (χ0) is 25.0. The fourth-order valence-electron chi connectivity index (χ4n) is 3.90. The van der Waals surface area contributed by atoms with Crippen molar-refractivity contribution in [1.82, 2.24) is 9.88 Å². The van der Waals surface area contributed by atoms with E-state index in [1.54, 1.807) is 6.07 Å². The van der Waals surface area contributed by atoms with E-state index in [1.807, 2.05) is 11.0 Å². The molecule has 35 heavy (non-hydrogen) atoms. The summed E-state index contributed by atoms with van der Waals surface area (Å²) in [6, 6.07) is 13.3. The van der Waals surface area contributed by atoms with Crippen molar-refractivity contribution < 1.29 is 22.5 Å². The molecule has 0 radical (unpaired) electrons. The van der Waals surface area contributed by atoms with E-state index in [0.29, 0.717) is 44.3 Å². The molecule has 0 saturated carbocycles. The van der Waals surface area contributed by atoms with Gasteiger partial charge in [0, 0.05) is 44.9 Å². The van der Waals surface area contributed by atoms with Gasteiger partial charge in [-0.1, -0.05) is 12.1 Å². The molecular weight excluding hydrogens is 477 g/mol. The van der Waals surface area contributed by atoms with E-state index >= 15 is 0 Å². The Morgan fingerprint density at radius 3 is 2.51 bits per heavy atom. The van der Waals surface area contributed by atoms with Crippen LogP contribution in [0.2, 0.25) is 0 Å². The Morgan fingerprint density at radius 2 is 1.89 bits per heavy atom. The first-order chi connectivity index (χ1) is 16.7. The maximum atomic E-state index is 13.4. The molecule has 1 N–H and O–H groups in total. The van der Waals surface area contributed by atoms with Gasteiger partial charge in [0.15, 0.2) is 0 Å². The Bertz CT molecular complexity index is 1310. The van der Waals surface area contributed by atoms with Gasteiger partial charge in [-0.3, -0.25) is 19.7 Å². The molecule has 1 saturated heterocycles. The van der Waals surface area contributed by atoms with Gasteiger partial charge in [-0.2, -0.15) is 0 Å². The van der Waals surface area contributed by atoms with Crippen LogP contribution in [0.3, 0.4) is 0 Å². The number of aromatic nitrogens is 1. The normalized spacial score (nSPS) is 14.5. The summed E-state index contributed by atoms with van der Waals surface area (Å²) in [5.41, 5.74) is 1.12. The maximum absolute atomic E-state index is 13.4. The summed E-state index contributed by atoms with van der Waals surface area (Å²) in [7, 11) is -2.63. The molecule has 0 bridgehead atoms. The summed E-state index contributed by atoms with van der Waals surface area (Å²) >= 11 is 0. The summed E-state index contributed by atoms with van der Waals surface area (Å²) in [5, 5.41) is 11.8. The number of anilines is 2. The number of nitro benzene ring substituents is 1. The first-order valence-corrected chi connectivity index (χ1v) is 12.3. The lowest BCUT2D eigenvalue weighted by molar-refractivity contribution is -0.384. The Morgan fingerprint density at radius 1 is 1.11 bits per heavy atom. The third-order valence-corrected chi connectivity index (χ3v) is 7.04. The molecular formula is C23H24FN5O5S. The average Bonchev–Trinajstić information content (AvgIpc) is 2.84. The van der Waals surface area contributed by atoms with Gasteiger partial charge in [-0.15, -0.1) is 0 Å². The van der Waals surface area contributed by atoms with Crippen molar-refractivity contribution >= 4 is 27.1 Å². The third-order valence-electron chi connectivity index (χ3n) is 5.66. The standard InChI is InChI=1S/C23H24FN5O5S/c1-34-23-8-5-19(15-25-23)26-35(32,33)20-6-7-21(22(14-20)29(30)31)28-11-9-27(10-12-28)16-17-3-2-4-18(24)13-17/h2-8,13-15,26H,9-12,16H2,1H3. The van der Waals surface area contributed by atoms with E-state index < -0.39 is 14.9 Å². The Hall–Kier alpha value is -3.77. The highest BCUT2D eigenvalue weighted by atomic mass is 32.2. The van der Waals surface area contributed by atoms with Crippen molar-refractivity contribution in [3.8, 4) is 5.88 Å². The van der Waals surface area contributed by atoms with Crippen LogP contribution in [0, 0.1) is 15.9 Å². The van der Waals surface area contributed by atoms with Gasteiger partial charge in [0.1, 0.15) is 11.5 Å². The second-order valence-electron chi connectivity index (χ2n) is 8.00. The Labute approximate surface area is 202 Å². The van der Waals surface area contributed by atoms with Gasteiger partial charge in [0.2, 0.25) is 5.88 Å². The summed E-state index contributed by atoms with van der Waals surface area (Å²) in [6.45, 7) is 2.85. The van der Waals surface area contributed by atoms with Crippen LogP contribution in [0.4, 0.5) is 21.5 Å². The molecule has 0 amide bonds. The molecule has 2 aromatic carbocycles. The molecule has 0 spiro atoms. The highest BCUT2D eigenvalue weighted by Crippen LogP contribution is 2.32. The van der Waals surface area contributed by atoms with Crippen molar-refractivity contribution in [2.24, 2.45) is 0 Å². The molecule has 184 valence electrons. The molecule has 1 aliphatic rings. The largest absolute Gasteiger partial charge is 0.481 e. The Kier molecular flexibility index (Phi) is 7.12. The van der Waals surface area contributed by atoms with Gasteiger partial charge in [0.05, 0.1) is 28.8 Å². The summed E-state index contributed by atoms with van der Waals surface area (Å²) in [6.07, 6.45) is 1.29. The molecule has 3 aromatic rings. The number of rotatable bonds is 8. The number of halogens is 1. The predicted octanol–water partition coefficient (Wildman–Crippen LogP) is 3.26. The van der Waals surface area contributed by atoms with Crippen molar-refractivity contribution in [2.45, 2.75) is 11.4 Å². The van der Waals surface area contributed by atoms with E-state index in [9.17, 15) is 22.9 Å². The van der Waals surface area contributed by atoms with Crippen LogP contribution in [0.1, 0.15) is 5.56 Å². The number of benzene rings is 2. The zero-order valence-corrected chi connectivity index (χ0v) is 19.7. The number of pyridine rings is 1. The molecule has 4 rings (SSSR count). The SMILES string of the molecule is COc1ccc(NS(=O)(=O)c2ccc(N3CCN(Cc4cccc(F)c4)CC3)c([N+](=O)[O-])c2)cn1. The lowest BCUT2D eigenvalue weighted by Gasteiger charge is -2.35. The first kappa shape index (κ1) is 24.4. The van der Waals surface area contributed by atoms with E-state index in [1.165, 1.54) is 49.7 Å². The number of nitro groups is 1. The van der Waals surface area contributed by atoms with E-state index in [2.05, 4.69) is 14.6 Å². The van der Waals surface area contributed by atoms with Gasteiger partial charge in [0.25, 0.3) is 15.7 Å². The first-order valence-electron chi connectivity index (χ1n) is 10.8. The van der Waals surface area contributed by atoms with Crippen LogP contribution in [-0.2, 0) is 16.6 Å². The van der Waals surface area contributed by atoms with E-state index in [4.69, 9.17) is 4.74 Å². The van der Waals surface area contributed by atoms with Crippen molar-refractivity contribution in [3.63, 3.8) is 0 Å².